The number of hydrogen-bond acceptors (Lipinski definition) is 4. The number of thiazole rings is 1. The smallest absolute Gasteiger partial charge is 0.273 e. The van der Waals surface area contributed by atoms with Crippen molar-refractivity contribution < 1.29 is 9.59 Å². The average molecular weight is 343 g/mol. The second-order valence-corrected chi connectivity index (χ2v) is 6.94. The van der Waals surface area contributed by atoms with Crippen LogP contribution >= 0.6 is 11.3 Å². The topological polar surface area (TPSA) is 53.5 Å². The van der Waals surface area contributed by atoms with E-state index in [-0.39, 0.29) is 11.8 Å². The van der Waals surface area contributed by atoms with E-state index in [1.165, 1.54) is 16.9 Å². The number of likely N-dealkylation sites (tertiary alicyclic amines) is 1. The third-order valence-electron chi connectivity index (χ3n) is 4.19. The Kier molecular flexibility index (Phi) is 5.25. The van der Waals surface area contributed by atoms with Crippen LogP contribution in [0.2, 0.25) is 0 Å². The van der Waals surface area contributed by atoms with Crippen LogP contribution in [0.25, 0.3) is 0 Å². The lowest BCUT2D eigenvalue weighted by Crippen LogP contribution is -2.37. The van der Waals surface area contributed by atoms with E-state index in [2.05, 4.69) is 17.1 Å². The minimum Gasteiger partial charge on any atom is -0.341 e. The summed E-state index contributed by atoms with van der Waals surface area (Å²) in [7, 11) is 1.76. The fourth-order valence-electron chi connectivity index (χ4n) is 2.77. The van der Waals surface area contributed by atoms with Gasteiger partial charge < -0.3 is 9.80 Å². The maximum Gasteiger partial charge on any atom is 0.273 e. The molecule has 0 radical (unpaired) electrons. The molecule has 1 fully saturated rings. The molecule has 1 aromatic carbocycles. The fraction of sp³-hybridized carbons (Fsp3) is 0.389. The first-order chi connectivity index (χ1) is 11.6. The van der Waals surface area contributed by atoms with Crippen LogP contribution in [-0.2, 0) is 11.2 Å². The number of benzene rings is 1. The van der Waals surface area contributed by atoms with Crippen LogP contribution in [0.3, 0.4) is 0 Å². The largest absolute Gasteiger partial charge is 0.341 e. The molecule has 1 aliphatic rings. The quantitative estimate of drug-likeness (QED) is 0.809. The molecule has 1 saturated heterocycles. The molecule has 1 aliphatic heterocycles. The lowest BCUT2D eigenvalue weighted by Gasteiger charge is -2.21. The number of rotatable bonds is 6. The van der Waals surface area contributed by atoms with Gasteiger partial charge >= 0.3 is 0 Å². The van der Waals surface area contributed by atoms with Gasteiger partial charge in [-0.15, -0.1) is 11.3 Å². The molecule has 2 heterocycles. The van der Waals surface area contributed by atoms with Crippen molar-refractivity contribution in [1.82, 2.24) is 14.8 Å². The Morgan fingerprint density at radius 2 is 2.12 bits per heavy atom. The standard InChI is InChI=1S/C18H21N3O2S/c1-20(10-11-21-9-5-8-17(21)22)18(23)15-13-24-16(19-15)12-14-6-3-2-4-7-14/h2-4,6-7,13H,5,8-12H2,1H3. The maximum absolute atomic E-state index is 12.5. The Morgan fingerprint density at radius 3 is 2.83 bits per heavy atom. The van der Waals surface area contributed by atoms with Crippen molar-refractivity contribution in [2.24, 2.45) is 0 Å². The number of carbonyl (C=O) groups excluding carboxylic acids is 2. The summed E-state index contributed by atoms with van der Waals surface area (Å²) in [5.41, 5.74) is 1.67. The van der Waals surface area contributed by atoms with E-state index >= 15 is 0 Å². The predicted molar refractivity (Wildman–Crippen MR) is 94.1 cm³/mol. The van der Waals surface area contributed by atoms with Gasteiger partial charge in [0.25, 0.3) is 5.91 Å². The van der Waals surface area contributed by atoms with Gasteiger partial charge in [-0.2, -0.15) is 0 Å². The zero-order valence-corrected chi connectivity index (χ0v) is 14.6. The molecule has 0 unspecified atom stereocenters. The van der Waals surface area contributed by atoms with Gasteiger partial charge in [0.05, 0.1) is 5.01 Å². The highest BCUT2D eigenvalue weighted by Crippen LogP contribution is 2.16. The predicted octanol–water partition coefficient (Wildman–Crippen LogP) is 2.43. The van der Waals surface area contributed by atoms with Gasteiger partial charge in [-0.05, 0) is 12.0 Å². The van der Waals surface area contributed by atoms with Gasteiger partial charge in [0.1, 0.15) is 5.69 Å². The van der Waals surface area contributed by atoms with Crippen molar-refractivity contribution in [3.8, 4) is 0 Å². The number of hydrogen-bond donors (Lipinski definition) is 0. The van der Waals surface area contributed by atoms with Crippen LogP contribution in [0.1, 0.15) is 33.9 Å². The van der Waals surface area contributed by atoms with E-state index in [0.717, 1.165) is 24.4 Å². The molecule has 0 saturated carbocycles. The van der Waals surface area contributed by atoms with E-state index in [1.54, 1.807) is 11.9 Å². The molecule has 0 aliphatic carbocycles. The Labute approximate surface area is 145 Å². The molecule has 6 heteroatoms. The summed E-state index contributed by atoms with van der Waals surface area (Å²) < 4.78 is 0. The van der Waals surface area contributed by atoms with Crippen molar-refractivity contribution in [1.29, 1.82) is 0 Å². The van der Waals surface area contributed by atoms with Gasteiger partial charge in [0, 0.05) is 44.9 Å². The van der Waals surface area contributed by atoms with E-state index in [1.807, 2.05) is 28.5 Å². The van der Waals surface area contributed by atoms with Crippen molar-refractivity contribution in [2.45, 2.75) is 19.3 Å². The monoisotopic (exact) mass is 343 g/mol. The van der Waals surface area contributed by atoms with Gasteiger partial charge in [0.2, 0.25) is 5.91 Å². The van der Waals surface area contributed by atoms with E-state index in [9.17, 15) is 9.59 Å². The molecule has 126 valence electrons. The van der Waals surface area contributed by atoms with E-state index < -0.39 is 0 Å². The summed E-state index contributed by atoms with van der Waals surface area (Å²) in [5.74, 6) is 0.104. The Bertz CT molecular complexity index is 714. The van der Waals surface area contributed by atoms with Crippen molar-refractivity contribution in [3.63, 3.8) is 0 Å². The lowest BCUT2D eigenvalue weighted by molar-refractivity contribution is -0.127. The molecular formula is C18H21N3O2S. The minimum atomic E-state index is -0.0859. The van der Waals surface area contributed by atoms with Crippen LogP contribution in [0.5, 0.6) is 0 Å². The van der Waals surface area contributed by atoms with Crippen molar-refractivity contribution in [3.05, 3.63) is 52.0 Å². The second kappa shape index (κ2) is 7.57. The average Bonchev–Trinajstić information content (AvgIpc) is 3.22. The Balaban J connectivity index is 1.55. The third-order valence-corrected chi connectivity index (χ3v) is 5.04. The highest BCUT2D eigenvalue weighted by atomic mass is 32.1. The first-order valence-electron chi connectivity index (χ1n) is 8.15. The van der Waals surface area contributed by atoms with Gasteiger partial charge in [-0.25, -0.2) is 4.98 Å². The molecule has 0 atom stereocenters. The molecule has 2 aromatic rings. The highest BCUT2D eigenvalue weighted by Gasteiger charge is 2.22. The summed E-state index contributed by atoms with van der Waals surface area (Å²) >= 11 is 1.51. The SMILES string of the molecule is CN(CCN1CCCC1=O)C(=O)c1csc(Cc2ccccc2)n1. The van der Waals surface area contributed by atoms with Gasteiger partial charge in [-0.1, -0.05) is 30.3 Å². The van der Waals surface area contributed by atoms with E-state index in [4.69, 9.17) is 0 Å². The van der Waals surface area contributed by atoms with Crippen LogP contribution in [0.15, 0.2) is 35.7 Å². The van der Waals surface area contributed by atoms with Crippen molar-refractivity contribution in [2.75, 3.05) is 26.7 Å². The molecule has 3 rings (SSSR count). The van der Waals surface area contributed by atoms with Crippen LogP contribution in [0.4, 0.5) is 0 Å². The van der Waals surface area contributed by atoms with Crippen LogP contribution in [0, 0.1) is 0 Å². The van der Waals surface area contributed by atoms with E-state index in [0.29, 0.717) is 25.2 Å². The van der Waals surface area contributed by atoms with Crippen molar-refractivity contribution >= 4 is 23.2 Å². The molecule has 1 aromatic heterocycles. The summed E-state index contributed by atoms with van der Waals surface area (Å²) in [5, 5.41) is 2.76. The lowest BCUT2D eigenvalue weighted by atomic mass is 10.2. The molecule has 5 nitrogen and oxygen atoms in total. The Hall–Kier alpha value is -2.21. The molecule has 24 heavy (non-hydrogen) atoms. The zero-order chi connectivity index (χ0) is 16.9. The summed E-state index contributed by atoms with van der Waals surface area (Å²) in [6, 6.07) is 10.1. The number of carbonyl (C=O) groups is 2. The minimum absolute atomic E-state index is 0.0859. The molecule has 0 bridgehead atoms. The number of nitrogens with zero attached hydrogens (tertiary/aromatic N) is 3. The fourth-order valence-corrected chi connectivity index (χ4v) is 3.57. The normalized spacial score (nSPS) is 14.2. The van der Waals surface area contributed by atoms with Gasteiger partial charge in [0.15, 0.2) is 0 Å². The first-order valence-corrected chi connectivity index (χ1v) is 9.03. The second-order valence-electron chi connectivity index (χ2n) is 6.00. The van der Waals surface area contributed by atoms with Crippen LogP contribution < -0.4 is 0 Å². The highest BCUT2D eigenvalue weighted by molar-refractivity contribution is 7.09. The Morgan fingerprint density at radius 1 is 1.33 bits per heavy atom. The molecular weight excluding hydrogens is 322 g/mol. The maximum atomic E-state index is 12.5. The number of likely N-dealkylation sites (N-methyl/N-ethyl adjacent to an activating group) is 1. The summed E-state index contributed by atoms with van der Waals surface area (Å²) in [4.78, 5) is 32.0. The zero-order valence-electron chi connectivity index (χ0n) is 13.8. The number of amides is 2. The van der Waals surface area contributed by atoms with Crippen LogP contribution in [-0.4, -0.2) is 53.3 Å². The first kappa shape index (κ1) is 16.6. The van der Waals surface area contributed by atoms with Gasteiger partial charge in [-0.3, -0.25) is 9.59 Å². The molecule has 0 N–H and O–H groups in total. The number of aromatic nitrogens is 1. The molecule has 2 amide bonds. The third kappa shape index (κ3) is 4.00. The summed E-state index contributed by atoms with van der Waals surface area (Å²) in [6.45, 7) is 1.94. The summed E-state index contributed by atoms with van der Waals surface area (Å²) in [6.07, 6.45) is 2.29. The molecule has 0 spiro atoms.